The van der Waals surface area contributed by atoms with E-state index < -0.39 is 0 Å². The Morgan fingerprint density at radius 3 is 2.60 bits per heavy atom. The lowest BCUT2D eigenvalue weighted by Crippen LogP contribution is -2.21. The monoisotopic (exact) mass is 339 g/mol. The Morgan fingerprint density at radius 1 is 1.16 bits per heavy atom. The number of hydrogen-bond donors (Lipinski definition) is 1. The molecule has 1 aromatic heterocycles. The third-order valence-electron chi connectivity index (χ3n) is 3.70. The molecule has 3 aromatic rings. The van der Waals surface area contributed by atoms with Gasteiger partial charge in [0.1, 0.15) is 12.4 Å². The number of nitrogens with zero attached hydrogens (tertiary/aromatic N) is 4. The van der Waals surface area contributed by atoms with Crippen LogP contribution in [-0.4, -0.2) is 26.1 Å². The summed E-state index contributed by atoms with van der Waals surface area (Å²) in [6, 6.07) is 13.5. The number of nitrogens with one attached hydrogen (secondary N) is 1. The van der Waals surface area contributed by atoms with Gasteiger partial charge in [-0.1, -0.05) is 32.0 Å². The second-order valence-electron chi connectivity index (χ2n) is 5.94. The predicted molar refractivity (Wildman–Crippen MR) is 92.4 cm³/mol. The number of carbonyl (C=O) groups is 1. The first-order valence-electron chi connectivity index (χ1n) is 7.95. The fourth-order valence-electron chi connectivity index (χ4n) is 2.46. The third-order valence-corrected chi connectivity index (χ3v) is 3.70. The molecule has 7 heteroatoms. The quantitative estimate of drug-likeness (QED) is 0.774. The van der Waals surface area contributed by atoms with Gasteiger partial charge in [0.2, 0.25) is 11.7 Å². The van der Waals surface area contributed by atoms with Gasteiger partial charge in [0.05, 0.1) is 0 Å². The smallest absolute Gasteiger partial charge is 0.248 e. The van der Waals surface area contributed by atoms with E-state index in [1.807, 2.05) is 24.3 Å². The van der Waals surface area contributed by atoms with Crippen LogP contribution in [0.3, 0.4) is 0 Å². The highest BCUT2D eigenvalue weighted by Crippen LogP contribution is 2.23. The van der Waals surface area contributed by atoms with Crippen molar-refractivity contribution < 1.29 is 9.18 Å². The van der Waals surface area contributed by atoms with Gasteiger partial charge in [-0.3, -0.25) is 4.79 Å². The maximum absolute atomic E-state index is 13.0. The molecule has 128 valence electrons. The minimum absolute atomic E-state index is 0.0549. The zero-order valence-corrected chi connectivity index (χ0v) is 14.0. The summed E-state index contributed by atoms with van der Waals surface area (Å²) < 4.78 is 13.0. The normalized spacial score (nSPS) is 10.9. The largest absolute Gasteiger partial charge is 0.324 e. The summed E-state index contributed by atoms with van der Waals surface area (Å²) in [6.07, 6.45) is 0. The van der Waals surface area contributed by atoms with Crippen LogP contribution in [0.25, 0.3) is 11.4 Å². The molecule has 0 bridgehead atoms. The fourth-order valence-corrected chi connectivity index (χ4v) is 2.46. The van der Waals surface area contributed by atoms with Crippen molar-refractivity contribution in [2.24, 2.45) is 0 Å². The van der Waals surface area contributed by atoms with Crippen LogP contribution in [0.4, 0.5) is 10.1 Å². The van der Waals surface area contributed by atoms with Crippen molar-refractivity contribution in [2.75, 3.05) is 5.32 Å². The van der Waals surface area contributed by atoms with Crippen LogP contribution in [-0.2, 0) is 11.3 Å². The van der Waals surface area contributed by atoms with E-state index in [4.69, 9.17) is 0 Å². The summed E-state index contributed by atoms with van der Waals surface area (Å²) in [5.74, 6) is 0.0666. The number of rotatable bonds is 5. The number of amides is 1. The Morgan fingerprint density at radius 2 is 1.88 bits per heavy atom. The lowest BCUT2D eigenvalue weighted by molar-refractivity contribution is -0.117. The Bertz CT molecular complexity index is 873. The lowest BCUT2D eigenvalue weighted by Gasteiger charge is -2.13. The molecular weight excluding hydrogens is 321 g/mol. The number of anilines is 1. The van der Waals surface area contributed by atoms with Gasteiger partial charge in [-0.05, 0) is 47.0 Å². The van der Waals surface area contributed by atoms with Crippen molar-refractivity contribution in [2.45, 2.75) is 26.3 Å². The predicted octanol–water partition coefficient (Wildman–Crippen LogP) is 3.24. The molecule has 3 rings (SSSR count). The van der Waals surface area contributed by atoms with Crippen LogP contribution in [0.15, 0.2) is 48.5 Å². The van der Waals surface area contributed by atoms with E-state index in [-0.39, 0.29) is 18.3 Å². The van der Waals surface area contributed by atoms with E-state index in [2.05, 4.69) is 34.6 Å². The SMILES string of the molecule is CC(C)c1ccccc1NC(=O)Cn1nnc(-c2ccc(F)cc2)n1. The summed E-state index contributed by atoms with van der Waals surface area (Å²) in [5, 5.41) is 14.8. The van der Waals surface area contributed by atoms with Gasteiger partial charge >= 0.3 is 0 Å². The minimum atomic E-state index is -0.334. The first-order chi connectivity index (χ1) is 12.0. The zero-order valence-electron chi connectivity index (χ0n) is 14.0. The Balaban J connectivity index is 1.69. The van der Waals surface area contributed by atoms with Crippen LogP contribution in [0.1, 0.15) is 25.3 Å². The van der Waals surface area contributed by atoms with Crippen molar-refractivity contribution in [1.82, 2.24) is 20.2 Å². The first-order valence-corrected chi connectivity index (χ1v) is 7.95. The van der Waals surface area contributed by atoms with Crippen molar-refractivity contribution in [3.05, 3.63) is 59.9 Å². The van der Waals surface area contributed by atoms with Crippen molar-refractivity contribution in [1.29, 1.82) is 0 Å². The molecule has 0 unspecified atom stereocenters. The van der Waals surface area contributed by atoms with Crippen LogP contribution in [0.5, 0.6) is 0 Å². The van der Waals surface area contributed by atoms with Crippen LogP contribution >= 0.6 is 0 Å². The molecule has 0 saturated carbocycles. The van der Waals surface area contributed by atoms with Gasteiger partial charge in [0, 0.05) is 11.3 Å². The standard InChI is InChI=1S/C18H18FN5O/c1-12(2)15-5-3-4-6-16(15)20-17(25)11-24-22-18(21-23-24)13-7-9-14(19)10-8-13/h3-10,12H,11H2,1-2H3,(H,20,25). The van der Waals surface area contributed by atoms with Gasteiger partial charge in [0.15, 0.2) is 0 Å². The number of benzene rings is 2. The molecule has 6 nitrogen and oxygen atoms in total. The molecule has 0 spiro atoms. The van der Waals surface area contributed by atoms with Gasteiger partial charge in [-0.2, -0.15) is 4.80 Å². The number of halogens is 1. The maximum Gasteiger partial charge on any atom is 0.248 e. The summed E-state index contributed by atoms with van der Waals surface area (Å²) in [5.41, 5.74) is 2.48. The molecule has 0 fully saturated rings. The number of tetrazole rings is 1. The van der Waals surface area contributed by atoms with Gasteiger partial charge < -0.3 is 5.32 Å². The van der Waals surface area contributed by atoms with E-state index in [0.29, 0.717) is 17.3 Å². The fraction of sp³-hybridized carbons (Fsp3) is 0.222. The number of aromatic nitrogens is 4. The molecule has 0 aliphatic rings. The molecule has 1 heterocycles. The highest BCUT2D eigenvalue weighted by molar-refractivity contribution is 5.91. The minimum Gasteiger partial charge on any atom is -0.324 e. The molecule has 2 aromatic carbocycles. The Hall–Kier alpha value is -3.09. The van der Waals surface area contributed by atoms with E-state index in [1.165, 1.54) is 16.9 Å². The third kappa shape index (κ3) is 4.06. The summed E-state index contributed by atoms with van der Waals surface area (Å²) in [4.78, 5) is 13.5. The average molecular weight is 339 g/mol. The summed E-state index contributed by atoms with van der Waals surface area (Å²) in [7, 11) is 0. The topological polar surface area (TPSA) is 72.7 Å². The molecule has 0 aliphatic carbocycles. The molecule has 0 saturated heterocycles. The maximum atomic E-state index is 13.0. The van der Waals surface area contributed by atoms with Crippen molar-refractivity contribution in [3.63, 3.8) is 0 Å². The van der Waals surface area contributed by atoms with E-state index >= 15 is 0 Å². The molecular formula is C18H18FN5O. The van der Waals surface area contributed by atoms with Crippen LogP contribution in [0, 0.1) is 5.82 Å². The van der Waals surface area contributed by atoms with E-state index in [1.54, 1.807) is 12.1 Å². The number of carbonyl (C=O) groups excluding carboxylic acids is 1. The van der Waals surface area contributed by atoms with E-state index in [9.17, 15) is 9.18 Å². The van der Waals surface area contributed by atoms with Crippen molar-refractivity contribution >= 4 is 11.6 Å². The van der Waals surface area contributed by atoms with Crippen molar-refractivity contribution in [3.8, 4) is 11.4 Å². The highest BCUT2D eigenvalue weighted by Gasteiger charge is 2.12. The molecule has 1 N–H and O–H groups in total. The van der Waals surface area contributed by atoms with Crippen LogP contribution in [0.2, 0.25) is 0 Å². The van der Waals surface area contributed by atoms with Gasteiger partial charge in [0.25, 0.3) is 0 Å². The second-order valence-corrected chi connectivity index (χ2v) is 5.94. The Labute approximate surface area is 144 Å². The Kier molecular flexibility index (Phi) is 4.83. The molecule has 0 aliphatic heterocycles. The van der Waals surface area contributed by atoms with Gasteiger partial charge in [-0.15, -0.1) is 10.2 Å². The van der Waals surface area contributed by atoms with Gasteiger partial charge in [-0.25, -0.2) is 4.39 Å². The first kappa shape index (κ1) is 16.8. The number of para-hydroxylation sites is 1. The summed E-state index contributed by atoms with van der Waals surface area (Å²) in [6.45, 7) is 4.08. The molecule has 1 amide bonds. The highest BCUT2D eigenvalue weighted by atomic mass is 19.1. The average Bonchev–Trinajstić information content (AvgIpc) is 3.04. The zero-order chi connectivity index (χ0) is 17.8. The second kappa shape index (κ2) is 7.21. The van der Waals surface area contributed by atoms with Crippen LogP contribution < -0.4 is 5.32 Å². The molecule has 25 heavy (non-hydrogen) atoms. The molecule has 0 radical (unpaired) electrons. The molecule has 0 atom stereocenters. The summed E-state index contributed by atoms with van der Waals surface area (Å²) >= 11 is 0. The number of hydrogen-bond acceptors (Lipinski definition) is 4. The lowest BCUT2D eigenvalue weighted by atomic mass is 10.0. The van der Waals surface area contributed by atoms with E-state index in [0.717, 1.165) is 11.3 Å².